The van der Waals surface area contributed by atoms with Crippen molar-refractivity contribution >= 4 is 5.97 Å². The van der Waals surface area contributed by atoms with Crippen molar-refractivity contribution in [2.75, 3.05) is 54.2 Å². The van der Waals surface area contributed by atoms with E-state index in [-0.39, 0.29) is 6.54 Å². The lowest BCUT2D eigenvalue weighted by atomic mass is 10.1. The lowest BCUT2D eigenvalue weighted by Crippen LogP contribution is -2.48. The smallest absolute Gasteiger partial charge is 0.338 e. The molecule has 1 N–H and O–H groups in total. The summed E-state index contributed by atoms with van der Waals surface area (Å²) >= 11 is 0. The molecule has 0 amide bonds. The van der Waals surface area contributed by atoms with Crippen molar-refractivity contribution in [3.63, 3.8) is 0 Å². The van der Waals surface area contributed by atoms with Gasteiger partial charge in [0.05, 0.1) is 13.7 Å². The average Bonchev–Trinajstić information content (AvgIpc) is 2.34. The maximum absolute atomic E-state index is 11.4. The number of ether oxygens (including phenoxy) is 3. The third-order valence-electron chi connectivity index (χ3n) is 2.59. The Hall–Kier alpha value is -0.690. The molecule has 108 valence electrons. The zero-order valence-corrected chi connectivity index (χ0v) is 11.8. The Morgan fingerprint density at radius 2 is 1.78 bits per heavy atom. The second-order valence-corrected chi connectivity index (χ2v) is 4.38. The molecule has 0 aliphatic carbocycles. The van der Waals surface area contributed by atoms with Gasteiger partial charge in [-0.25, -0.2) is 4.79 Å². The van der Waals surface area contributed by atoms with Crippen LogP contribution in [-0.4, -0.2) is 75.8 Å². The SMILES string of the molecule is COCCCN(CCOC)CC(C)(O)C(=O)OC. The number of hydrogen-bond donors (Lipinski definition) is 1. The number of rotatable bonds is 10. The highest BCUT2D eigenvalue weighted by molar-refractivity contribution is 5.78. The van der Waals surface area contributed by atoms with Crippen LogP contribution in [0, 0.1) is 0 Å². The van der Waals surface area contributed by atoms with Gasteiger partial charge in [-0.15, -0.1) is 0 Å². The zero-order chi connectivity index (χ0) is 14.0. The molecule has 6 nitrogen and oxygen atoms in total. The zero-order valence-electron chi connectivity index (χ0n) is 11.8. The third kappa shape index (κ3) is 6.90. The van der Waals surface area contributed by atoms with Crippen molar-refractivity contribution in [1.29, 1.82) is 0 Å². The maximum Gasteiger partial charge on any atom is 0.338 e. The highest BCUT2D eigenvalue weighted by atomic mass is 16.5. The van der Waals surface area contributed by atoms with Crippen LogP contribution in [0.3, 0.4) is 0 Å². The van der Waals surface area contributed by atoms with E-state index in [1.54, 1.807) is 14.2 Å². The molecule has 0 aliphatic heterocycles. The molecule has 0 aliphatic rings. The highest BCUT2D eigenvalue weighted by Crippen LogP contribution is 2.09. The topological polar surface area (TPSA) is 68.2 Å². The van der Waals surface area contributed by atoms with Crippen LogP contribution in [0.25, 0.3) is 0 Å². The van der Waals surface area contributed by atoms with Crippen LogP contribution in [-0.2, 0) is 19.0 Å². The molecule has 0 saturated heterocycles. The van der Waals surface area contributed by atoms with Crippen LogP contribution in [0.2, 0.25) is 0 Å². The van der Waals surface area contributed by atoms with Gasteiger partial charge in [0.1, 0.15) is 0 Å². The number of carbonyl (C=O) groups is 1. The van der Waals surface area contributed by atoms with Crippen molar-refractivity contribution in [3.8, 4) is 0 Å². The van der Waals surface area contributed by atoms with E-state index in [2.05, 4.69) is 4.74 Å². The minimum Gasteiger partial charge on any atom is -0.467 e. The first kappa shape index (κ1) is 17.3. The van der Waals surface area contributed by atoms with Gasteiger partial charge in [0.15, 0.2) is 5.60 Å². The van der Waals surface area contributed by atoms with Gasteiger partial charge in [-0.1, -0.05) is 0 Å². The summed E-state index contributed by atoms with van der Waals surface area (Å²) in [5.41, 5.74) is -1.50. The molecule has 0 saturated carbocycles. The molecule has 0 fully saturated rings. The van der Waals surface area contributed by atoms with Crippen LogP contribution in [0.15, 0.2) is 0 Å². The number of esters is 1. The van der Waals surface area contributed by atoms with E-state index >= 15 is 0 Å². The first-order chi connectivity index (χ1) is 8.47. The largest absolute Gasteiger partial charge is 0.467 e. The molecular formula is C12H25NO5. The van der Waals surface area contributed by atoms with Crippen molar-refractivity contribution in [2.45, 2.75) is 18.9 Å². The molecule has 0 aromatic heterocycles. The lowest BCUT2D eigenvalue weighted by Gasteiger charge is -2.29. The lowest BCUT2D eigenvalue weighted by molar-refractivity contribution is -0.162. The number of carbonyl (C=O) groups excluding carboxylic acids is 1. The Bertz CT molecular complexity index is 233. The van der Waals surface area contributed by atoms with Crippen molar-refractivity contribution < 1.29 is 24.1 Å². The summed E-state index contributed by atoms with van der Waals surface area (Å²) in [6.07, 6.45) is 0.831. The molecule has 1 unspecified atom stereocenters. The van der Waals surface area contributed by atoms with Gasteiger partial charge >= 0.3 is 5.97 Å². The Morgan fingerprint density at radius 3 is 2.28 bits per heavy atom. The monoisotopic (exact) mass is 263 g/mol. The fourth-order valence-electron chi connectivity index (χ4n) is 1.64. The first-order valence-electron chi connectivity index (χ1n) is 5.99. The number of hydrogen-bond acceptors (Lipinski definition) is 6. The second-order valence-electron chi connectivity index (χ2n) is 4.38. The van der Waals surface area contributed by atoms with E-state index in [1.807, 2.05) is 4.90 Å². The van der Waals surface area contributed by atoms with Gasteiger partial charge < -0.3 is 19.3 Å². The van der Waals surface area contributed by atoms with E-state index < -0.39 is 11.6 Å². The standard InChI is InChI=1S/C12H25NO5/c1-12(15,11(14)18-4)10-13(7-9-17-3)6-5-8-16-2/h15H,5-10H2,1-4H3. The van der Waals surface area contributed by atoms with Crippen molar-refractivity contribution in [3.05, 3.63) is 0 Å². The summed E-state index contributed by atoms with van der Waals surface area (Å²) in [5.74, 6) is -0.628. The summed E-state index contributed by atoms with van der Waals surface area (Å²) in [5, 5.41) is 10.0. The quantitative estimate of drug-likeness (QED) is 0.438. The molecule has 0 bridgehead atoms. The molecule has 1 atom stereocenters. The highest BCUT2D eigenvalue weighted by Gasteiger charge is 2.33. The molecular weight excluding hydrogens is 238 g/mol. The minimum absolute atomic E-state index is 0.215. The van der Waals surface area contributed by atoms with Crippen LogP contribution in [0.4, 0.5) is 0 Å². The van der Waals surface area contributed by atoms with E-state index in [9.17, 15) is 9.90 Å². The number of nitrogens with zero attached hydrogens (tertiary/aromatic N) is 1. The molecule has 18 heavy (non-hydrogen) atoms. The van der Waals surface area contributed by atoms with Crippen molar-refractivity contribution in [1.82, 2.24) is 4.90 Å². The maximum atomic E-state index is 11.4. The molecule has 0 rings (SSSR count). The van der Waals surface area contributed by atoms with Crippen LogP contribution >= 0.6 is 0 Å². The van der Waals surface area contributed by atoms with Gasteiger partial charge in [0, 0.05) is 40.5 Å². The van der Waals surface area contributed by atoms with Crippen LogP contribution in [0.5, 0.6) is 0 Å². The fraction of sp³-hybridized carbons (Fsp3) is 0.917. The fourth-order valence-corrected chi connectivity index (χ4v) is 1.64. The first-order valence-corrected chi connectivity index (χ1v) is 5.99. The summed E-state index contributed by atoms with van der Waals surface area (Å²) in [7, 11) is 4.52. The average molecular weight is 263 g/mol. The van der Waals surface area contributed by atoms with Gasteiger partial charge in [-0.3, -0.25) is 4.90 Å². The van der Waals surface area contributed by atoms with Gasteiger partial charge in [-0.2, -0.15) is 0 Å². The Morgan fingerprint density at radius 1 is 1.17 bits per heavy atom. The summed E-state index contributed by atoms with van der Waals surface area (Å²) in [6, 6.07) is 0. The predicted octanol–water partition coefficient (Wildman–Crippen LogP) is -0.105. The Balaban J connectivity index is 4.31. The molecule has 0 aromatic rings. The second kappa shape index (κ2) is 9.27. The molecule has 6 heteroatoms. The minimum atomic E-state index is -1.50. The summed E-state index contributed by atoms with van der Waals surface area (Å²) in [6.45, 7) is 4.23. The van der Waals surface area contributed by atoms with E-state index in [1.165, 1.54) is 14.0 Å². The Kier molecular flexibility index (Phi) is 8.91. The van der Waals surface area contributed by atoms with E-state index in [0.717, 1.165) is 13.0 Å². The van der Waals surface area contributed by atoms with Crippen LogP contribution in [0.1, 0.15) is 13.3 Å². The van der Waals surface area contributed by atoms with Gasteiger partial charge in [0.2, 0.25) is 0 Å². The number of aliphatic hydroxyl groups is 1. The van der Waals surface area contributed by atoms with Crippen molar-refractivity contribution in [2.24, 2.45) is 0 Å². The van der Waals surface area contributed by atoms with E-state index in [4.69, 9.17) is 9.47 Å². The Labute approximate surface area is 109 Å². The summed E-state index contributed by atoms with van der Waals surface area (Å²) < 4.78 is 14.6. The van der Waals surface area contributed by atoms with Gasteiger partial charge in [-0.05, 0) is 13.3 Å². The molecule has 0 heterocycles. The predicted molar refractivity (Wildman–Crippen MR) is 67.4 cm³/mol. The number of methoxy groups -OCH3 is 3. The normalized spacial score (nSPS) is 14.6. The third-order valence-corrected chi connectivity index (χ3v) is 2.59. The van der Waals surface area contributed by atoms with Gasteiger partial charge in [0.25, 0.3) is 0 Å². The molecule has 0 aromatic carbocycles. The van der Waals surface area contributed by atoms with Crippen LogP contribution < -0.4 is 0 Å². The molecule has 0 radical (unpaired) electrons. The molecule has 0 spiro atoms. The van der Waals surface area contributed by atoms with E-state index in [0.29, 0.717) is 19.8 Å². The summed E-state index contributed by atoms with van der Waals surface area (Å²) in [4.78, 5) is 13.4.